The Kier molecular flexibility index (Phi) is 4.25. The van der Waals surface area contributed by atoms with E-state index in [0.29, 0.717) is 18.3 Å². The van der Waals surface area contributed by atoms with Crippen LogP contribution in [0, 0.1) is 6.92 Å². The lowest BCUT2D eigenvalue weighted by Gasteiger charge is -2.09. The Hall–Kier alpha value is -2.57. The van der Waals surface area contributed by atoms with Crippen LogP contribution in [0.4, 0.5) is 0 Å². The van der Waals surface area contributed by atoms with Gasteiger partial charge in [0, 0.05) is 34.9 Å². The summed E-state index contributed by atoms with van der Waals surface area (Å²) >= 11 is 7.40. The number of aryl methyl sites for hydroxylation is 1. The third kappa shape index (κ3) is 3.23. The number of halogens is 1. The van der Waals surface area contributed by atoms with Crippen LogP contribution in [0.15, 0.2) is 53.6 Å². The van der Waals surface area contributed by atoms with Gasteiger partial charge < -0.3 is 9.14 Å². The molecule has 0 radical (unpaired) electrons. The number of ether oxygens (including phenoxy) is 1. The zero-order chi connectivity index (χ0) is 19.3. The first kappa shape index (κ1) is 17.5. The van der Waals surface area contributed by atoms with Gasteiger partial charge in [-0.15, -0.1) is 11.3 Å². The summed E-state index contributed by atoms with van der Waals surface area (Å²) in [6.45, 7) is 2.49. The highest BCUT2D eigenvalue weighted by Crippen LogP contribution is 2.41. The molecule has 7 heteroatoms. The topological polar surface area (TPSA) is 48.5 Å². The van der Waals surface area contributed by atoms with E-state index in [1.165, 1.54) is 35.9 Å². The van der Waals surface area contributed by atoms with Crippen molar-refractivity contribution in [3.63, 3.8) is 0 Å². The SMILES string of the molecule is Cc1c(C2CC2)nc2ccc(-n3ccc(OCc4ccc(Cl)s4)cc3=O)cn12. The zero-order valence-corrected chi connectivity index (χ0v) is 16.8. The lowest BCUT2D eigenvalue weighted by atomic mass is 10.2. The second-order valence-electron chi connectivity index (χ2n) is 7.04. The lowest BCUT2D eigenvalue weighted by Crippen LogP contribution is -2.17. The molecule has 0 atom stereocenters. The summed E-state index contributed by atoms with van der Waals surface area (Å²) in [5.74, 6) is 1.14. The first-order valence-corrected chi connectivity index (χ1v) is 10.4. The summed E-state index contributed by atoms with van der Waals surface area (Å²) in [5.41, 5.74) is 3.92. The van der Waals surface area contributed by atoms with Gasteiger partial charge in [0.1, 0.15) is 18.0 Å². The van der Waals surface area contributed by atoms with Crippen molar-refractivity contribution in [3.05, 3.63) is 79.7 Å². The van der Waals surface area contributed by atoms with Crippen molar-refractivity contribution in [1.29, 1.82) is 0 Å². The first-order valence-electron chi connectivity index (χ1n) is 9.17. The van der Waals surface area contributed by atoms with Crippen molar-refractivity contribution in [3.8, 4) is 11.4 Å². The molecule has 1 fully saturated rings. The number of hydrogen-bond acceptors (Lipinski definition) is 4. The second-order valence-corrected chi connectivity index (χ2v) is 8.84. The molecule has 4 aromatic rings. The molecule has 4 heterocycles. The molecule has 0 aliphatic heterocycles. The van der Waals surface area contributed by atoms with E-state index in [-0.39, 0.29) is 5.56 Å². The van der Waals surface area contributed by atoms with Crippen LogP contribution in [0.3, 0.4) is 0 Å². The molecule has 1 aliphatic rings. The zero-order valence-electron chi connectivity index (χ0n) is 15.3. The molecular formula is C21H18ClN3O2S. The van der Waals surface area contributed by atoms with Gasteiger partial charge in [-0.05, 0) is 50.1 Å². The summed E-state index contributed by atoms with van der Waals surface area (Å²) in [6.07, 6.45) is 6.15. The number of pyridine rings is 2. The second kappa shape index (κ2) is 6.79. The van der Waals surface area contributed by atoms with Gasteiger partial charge >= 0.3 is 0 Å². The van der Waals surface area contributed by atoms with Crippen molar-refractivity contribution in [2.45, 2.75) is 32.3 Å². The maximum absolute atomic E-state index is 12.6. The van der Waals surface area contributed by atoms with E-state index >= 15 is 0 Å². The maximum atomic E-state index is 12.6. The van der Waals surface area contributed by atoms with Crippen LogP contribution >= 0.6 is 22.9 Å². The molecule has 1 aliphatic carbocycles. The third-order valence-electron chi connectivity index (χ3n) is 5.02. The molecule has 0 bridgehead atoms. The first-order chi connectivity index (χ1) is 13.6. The highest BCUT2D eigenvalue weighted by molar-refractivity contribution is 7.16. The highest BCUT2D eigenvalue weighted by atomic mass is 35.5. The van der Waals surface area contributed by atoms with E-state index in [1.807, 2.05) is 30.5 Å². The van der Waals surface area contributed by atoms with Gasteiger partial charge in [-0.1, -0.05) is 11.6 Å². The van der Waals surface area contributed by atoms with Crippen LogP contribution in [-0.4, -0.2) is 14.0 Å². The molecule has 0 amide bonds. The summed E-state index contributed by atoms with van der Waals surface area (Å²) in [6, 6.07) is 11.0. The molecule has 28 heavy (non-hydrogen) atoms. The number of hydrogen-bond donors (Lipinski definition) is 0. The quantitative estimate of drug-likeness (QED) is 0.466. The Morgan fingerprint density at radius 2 is 2.11 bits per heavy atom. The Balaban J connectivity index is 1.42. The average Bonchev–Trinajstić information content (AvgIpc) is 3.37. The monoisotopic (exact) mass is 411 g/mol. The van der Waals surface area contributed by atoms with E-state index in [0.717, 1.165) is 26.2 Å². The molecule has 5 nitrogen and oxygen atoms in total. The minimum atomic E-state index is -0.138. The van der Waals surface area contributed by atoms with Crippen LogP contribution in [0.5, 0.6) is 5.75 Å². The maximum Gasteiger partial charge on any atom is 0.258 e. The van der Waals surface area contributed by atoms with Gasteiger partial charge in [0.05, 0.1) is 15.7 Å². The van der Waals surface area contributed by atoms with E-state index in [4.69, 9.17) is 21.3 Å². The summed E-state index contributed by atoms with van der Waals surface area (Å²) in [5, 5.41) is 0. The number of nitrogens with zero attached hydrogens (tertiary/aromatic N) is 3. The predicted molar refractivity (Wildman–Crippen MR) is 111 cm³/mol. The van der Waals surface area contributed by atoms with Crippen LogP contribution in [0.2, 0.25) is 4.34 Å². The van der Waals surface area contributed by atoms with Crippen molar-refractivity contribution in [2.75, 3.05) is 0 Å². The largest absolute Gasteiger partial charge is 0.488 e. The Morgan fingerprint density at radius 1 is 1.25 bits per heavy atom. The predicted octanol–water partition coefficient (Wildman–Crippen LogP) is 4.96. The minimum absolute atomic E-state index is 0.138. The molecule has 1 saturated carbocycles. The number of thiophene rings is 1. The average molecular weight is 412 g/mol. The van der Waals surface area contributed by atoms with Gasteiger partial charge in [-0.3, -0.25) is 9.36 Å². The van der Waals surface area contributed by atoms with E-state index < -0.39 is 0 Å². The summed E-state index contributed by atoms with van der Waals surface area (Å²) in [7, 11) is 0. The summed E-state index contributed by atoms with van der Waals surface area (Å²) < 4.78 is 10.1. The Morgan fingerprint density at radius 3 is 2.82 bits per heavy atom. The smallest absolute Gasteiger partial charge is 0.258 e. The highest BCUT2D eigenvalue weighted by Gasteiger charge is 2.28. The molecule has 5 rings (SSSR count). The lowest BCUT2D eigenvalue weighted by molar-refractivity contribution is 0.309. The molecule has 0 N–H and O–H groups in total. The normalized spacial score (nSPS) is 13.9. The molecule has 0 unspecified atom stereocenters. The minimum Gasteiger partial charge on any atom is -0.488 e. The van der Waals surface area contributed by atoms with Crippen molar-refractivity contribution < 1.29 is 4.74 Å². The number of imidazole rings is 1. The standard InChI is InChI=1S/C21H18ClN3O2S/c1-13-21(14-2-3-14)23-19-7-4-15(11-25(13)19)24-9-8-16(10-20(24)26)27-12-17-5-6-18(22)28-17/h4-11,14H,2-3,12H2,1H3. The molecule has 0 aromatic carbocycles. The molecule has 0 spiro atoms. The van der Waals surface area contributed by atoms with Gasteiger partial charge in [0.2, 0.25) is 0 Å². The van der Waals surface area contributed by atoms with Gasteiger partial charge in [0.15, 0.2) is 0 Å². The van der Waals surface area contributed by atoms with Gasteiger partial charge in [0.25, 0.3) is 5.56 Å². The number of fused-ring (bicyclic) bond motifs is 1. The fourth-order valence-corrected chi connectivity index (χ4v) is 4.40. The summed E-state index contributed by atoms with van der Waals surface area (Å²) in [4.78, 5) is 18.4. The molecule has 4 aromatic heterocycles. The fourth-order valence-electron chi connectivity index (χ4n) is 3.40. The van der Waals surface area contributed by atoms with Gasteiger partial charge in [-0.25, -0.2) is 4.98 Å². The van der Waals surface area contributed by atoms with E-state index in [1.54, 1.807) is 16.8 Å². The van der Waals surface area contributed by atoms with Gasteiger partial charge in [-0.2, -0.15) is 0 Å². The number of aromatic nitrogens is 3. The van der Waals surface area contributed by atoms with Crippen LogP contribution in [0.1, 0.15) is 35.0 Å². The third-order valence-corrected chi connectivity index (χ3v) is 6.23. The van der Waals surface area contributed by atoms with Crippen molar-refractivity contribution >= 4 is 28.6 Å². The van der Waals surface area contributed by atoms with Crippen LogP contribution in [-0.2, 0) is 6.61 Å². The van der Waals surface area contributed by atoms with Crippen LogP contribution < -0.4 is 10.3 Å². The fraction of sp³-hybridized carbons (Fsp3) is 0.238. The van der Waals surface area contributed by atoms with E-state index in [2.05, 4.69) is 11.3 Å². The number of rotatable bonds is 5. The Labute approximate surface area is 170 Å². The van der Waals surface area contributed by atoms with Crippen molar-refractivity contribution in [2.24, 2.45) is 0 Å². The molecule has 142 valence electrons. The van der Waals surface area contributed by atoms with Crippen LogP contribution in [0.25, 0.3) is 11.3 Å². The molecular weight excluding hydrogens is 394 g/mol. The van der Waals surface area contributed by atoms with E-state index in [9.17, 15) is 4.79 Å². The molecule has 0 saturated heterocycles. The Bertz CT molecular complexity index is 1240. The van der Waals surface area contributed by atoms with Crippen molar-refractivity contribution in [1.82, 2.24) is 14.0 Å².